The smallest absolute Gasteiger partial charge is 0.318 e. The lowest BCUT2D eigenvalue weighted by atomic mass is 10.3. The van der Waals surface area contributed by atoms with Crippen molar-refractivity contribution >= 4 is 35.1 Å². The lowest BCUT2D eigenvalue weighted by Gasteiger charge is -2.14. The van der Waals surface area contributed by atoms with E-state index in [0.29, 0.717) is 10.0 Å². The molecule has 3 N–H and O–H groups in total. The van der Waals surface area contributed by atoms with Gasteiger partial charge < -0.3 is 10.5 Å². The molecule has 3 amide bonds. The summed E-state index contributed by atoms with van der Waals surface area (Å²) in [6.45, 7) is 1.45. The van der Waals surface area contributed by atoms with Crippen LogP contribution in [0.1, 0.15) is 6.92 Å². The molecule has 1 aromatic carbocycles. The molecule has 92 valence electrons. The van der Waals surface area contributed by atoms with Crippen molar-refractivity contribution < 1.29 is 14.3 Å². The predicted molar refractivity (Wildman–Crippen MR) is 64.3 cm³/mol. The van der Waals surface area contributed by atoms with Crippen LogP contribution in [0.3, 0.4) is 0 Å². The third kappa shape index (κ3) is 4.13. The zero-order chi connectivity index (χ0) is 13.0. The van der Waals surface area contributed by atoms with Crippen molar-refractivity contribution in [1.82, 2.24) is 5.32 Å². The fourth-order valence-corrected chi connectivity index (χ4v) is 1.36. The van der Waals surface area contributed by atoms with Crippen molar-refractivity contribution in [3.05, 3.63) is 28.2 Å². The summed E-state index contributed by atoms with van der Waals surface area (Å²) in [5, 5.41) is 2.63. The first-order chi connectivity index (χ1) is 7.90. The van der Waals surface area contributed by atoms with E-state index in [0.717, 1.165) is 0 Å². The van der Waals surface area contributed by atoms with E-state index in [1.807, 2.05) is 5.32 Å². The van der Waals surface area contributed by atoms with Crippen molar-refractivity contribution in [2.75, 3.05) is 0 Å². The van der Waals surface area contributed by atoms with E-state index < -0.39 is 18.0 Å². The molecule has 0 aliphatic rings. The molecular weight excluding hydrogens is 267 g/mol. The number of amides is 3. The molecule has 0 saturated carbocycles. The van der Waals surface area contributed by atoms with E-state index >= 15 is 0 Å². The van der Waals surface area contributed by atoms with Crippen LogP contribution in [0.5, 0.6) is 5.75 Å². The van der Waals surface area contributed by atoms with Gasteiger partial charge in [-0.2, -0.15) is 0 Å². The Morgan fingerprint density at radius 3 is 2.65 bits per heavy atom. The maximum atomic E-state index is 11.3. The van der Waals surface area contributed by atoms with Gasteiger partial charge in [0.05, 0.1) is 5.02 Å². The SMILES string of the molecule is CC(Oc1cc(Cl)ccc1Cl)C(=O)NC(N)=O. The Morgan fingerprint density at radius 1 is 1.41 bits per heavy atom. The number of carbonyl (C=O) groups excluding carboxylic acids is 2. The Balaban J connectivity index is 2.73. The fraction of sp³-hybridized carbons (Fsp3) is 0.200. The molecule has 1 aromatic rings. The van der Waals surface area contributed by atoms with Crippen LogP contribution in [0.15, 0.2) is 18.2 Å². The zero-order valence-corrected chi connectivity index (χ0v) is 10.4. The van der Waals surface area contributed by atoms with Crippen LogP contribution in [0.4, 0.5) is 4.79 Å². The third-order valence-corrected chi connectivity index (χ3v) is 2.36. The van der Waals surface area contributed by atoms with Crippen LogP contribution in [0, 0.1) is 0 Å². The van der Waals surface area contributed by atoms with E-state index in [2.05, 4.69) is 0 Å². The van der Waals surface area contributed by atoms with Gasteiger partial charge in [-0.3, -0.25) is 10.1 Å². The average Bonchev–Trinajstić information content (AvgIpc) is 2.22. The summed E-state index contributed by atoms with van der Waals surface area (Å²) in [4.78, 5) is 21.8. The maximum Gasteiger partial charge on any atom is 0.318 e. The third-order valence-electron chi connectivity index (χ3n) is 1.81. The second kappa shape index (κ2) is 5.75. The normalized spacial score (nSPS) is 11.7. The molecule has 0 radical (unpaired) electrons. The minimum absolute atomic E-state index is 0.256. The number of rotatable bonds is 3. The number of imide groups is 1. The fourth-order valence-electron chi connectivity index (χ4n) is 1.03. The Kier molecular flexibility index (Phi) is 4.60. The van der Waals surface area contributed by atoms with Crippen molar-refractivity contribution in [2.24, 2.45) is 5.73 Å². The summed E-state index contributed by atoms with van der Waals surface area (Å²) in [6.07, 6.45) is -0.918. The largest absolute Gasteiger partial charge is 0.479 e. The first kappa shape index (κ1) is 13.6. The number of primary amides is 1. The molecule has 17 heavy (non-hydrogen) atoms. The summed E-state index contributed by atoms with van der Waals surface area (Å²) in [7, 11) is 0. The number of nitrogens with one attached hydrogen (secondary N) is 1. The Hall–Kier alpha value is -1.46. The Morgan fingerprint density at radius 2 is 2.06 bits per heavy atom. The number of benzene rings is 1. The quantitative estimate of drug-likeness (QED) is 0.886. The topological polar surface area (TPSA) is 81.4 Å². The summed E-state index contributed by atoms with van der Waals surface area (Å²) in [6, 6.07) is 3.66. The van der Waals surface area contributed by atoms with Crippen molar-refractivity contribution in [3.63, 3.8) is 0 Å². The van der Waals surface area contributed by atoms with Crippen LogP contribution in [0.25, 0.3) is 0 Å². The Bertz CT molecular complexity index is 451. The highest BCUT2D eigenvalue weighted by atomic mass is 35.5. The monoisotopic (exact) mass is 276 g/mol. The van der Waals surface area contributed by atoms with Crippen LogP contribution in [-0.4, -0.2) is 18.0 Å². The number of ether oxygens (including phenoxy) is 1. The Labute approximate surface area is 108 Å². The molecule has 0 aliphatic carbocycles. The lowest BCUT2D eigenvalue weighted by Crippen LogP contribution is -2.42. The van der Waals surface area contributed by atoms with Gasteiger partial charge in [-0.05, 0) is 19.1 Å². The highest BCUT2D eigenvalue weighted by molar-refractivity contribution is 6.34. The van der Waals surface area contributed by atoms with Crippen LogP contribution in [-0.2, 0) is 4.79 Å². The van der Waals surface area contributed by atoms with E-state index in [1.165, 1.54) is 19.1 Å². The molecule has 0 aromatic heterocycles. The highest BCUT2D eigenvalue weighted by Gasteiger charge is 2.17. The van der Waals surface area contributed by atoms with Gasteiger partial charge in [0.1, 0.15) is 5.75 Å². The van der Waals surface area contributed by atoms with E-state index in [4.69, 9.17) is 33.7 Å². The first-order valence-corrected chi connectivity index (χ1v) is 5.37. The number of urea groups is 1. The molecule has 1 unspecified atom stereocenters. The van der Waals surface area contributed by atoms with E-state index in [1.54, 1.807) is 6.07 Å². The van der Waals surface area contributed by atoms with Gasteiger partial charge in [0.15, 0.2) is 6.10 Å². The van der Waals surface area contributed by atoms with Crippen LogP contribution >= 0.6 is 23.2 Å². The highest BCUT2D eigenvalue weighted by Crippen LogP contribution is 2.28. The van der Waals surface area contributed by atoms with Gasteiger partial charge in [-0.15, -0.1) is 0 Å². The second-order valence-electron chi connectivity index (χ2n) is 3.19. The predicted octanol–water partition coefficient (Wildman–Crippen LogP) is 1.96. The number of carbonyl (C=O) groups is 2. The van der Waals surface area contributed by atoms with Gasteiger partial charge >= 0.3 is 6.03 Å². The van der Waals surface area contributed by atoms with Gasteiger partial charge in [-0.1, -0.05) is 23.2 Å². The summed E-state index contributed by atoms with van der Waals surface area (Å²) in [5.41, 5.74) is 4.80. The summed E-state index contributed by atoms with van der Waals surface area (Å²) >= 11 is 11.6. The van der Waals surface area contributed by atoms with Gasteiger partial charge in [0.2, 0.25) is 0 Å². The van der Waals surface area contributed by atoms with Gasteiger partial charge in [-0.25, -0.2) is 4.79 Å². The molecule has 0 heterocycles. The lowest BCUT2D eigenvalue weighted by molar-refractivity contribution is -0.126. The second-order valence-corrected chi connectivity index (χ2v) is 4.03. The molecular formula is C10H10Cl2N2O3. The molecule has 0 saturated heterocycles. The maximum absolute atomic E-state index is 11.3. The number of halogens is 2. The van der Waals surface area contributed by atoms with Crippen molar-refractivity contribution in [2.45, 2.75) is 13.0 Å². The van der Waals surface area contributed by atoms with Gasteiger partial charge in [0.25, 0.3) is 5.91 Å². The standard InChI is InChI=1S/C10H10Cl2N2O3/c1-5(9(15)14-10(13)16)17-8-4-6(11)2-3-7(8)12/h2-5H,1H3,(H3,13,14,15,16). The number of nitrogens with two attached hydrogens (primary N) is 1. The van der Waals surface area contributed by atoms with Crippen LogP contribution in [0.2, 0.25) is 10.0 Å². The molecule has 0 bridgehead atoms. The van der Waals surface area contributed by atoms with Gasteiger partial charge in [0, 0.05) is 11.1 Å². The van der Waals surface area contributed by atoms with Crippen LogP contribution < -0.4 is 15.8 Å². The van der Waals surface area contributed by atoms with Crippen molar-refractivity contribution in [1.29, 1.82) is 0 Å². The average molecular weight is 277 g/mol. The van der Waals surface area contributed by atoms with Crippen molar-refractivity contribution in [3.8, 4) is 5.75 Å². The minimum Gasteiger partial charge on any atom is -0.479 e. The molecule has 1 rings (SSSR count). The number of hydrogen-bond donors (Lipinski definition) is 2. The zero-order valence-electron chi connectivity index (χ0n) is 8.87. The summed E-state index contributed by atoms with van der Waals surface area (Å²) < 4.78 is 5.25. The molecule has 7 heteroatoms. The van der Waals surface area contributed by atoms with E-state index in [-0.39, 0.29) is 5.75 Å². The first-order valence-electron chi connectivity index (χ1n) is 4.62. The minimum atomic E-state index is -0.942. The summed E-state index contributed by atoms with van der Waals surface area (Å²) in [5.74, 6) is -0.403. The number of hydrogen-bond acceptors (Lipinski definition) is 3. The van der Waals surface area contributed by atoms with E-state index in [9.17, 15) is 9.59 Å². The molecule has 0 fully saturated rings. The molecule has 5 nitrogen and oxygen atoms in total. The molecule has 0 aliphatic heterocycles. The molecule has 1 atom stereocenters. The molecule has 0 spiro atoms.